The SMILES string of the molecule is Cc1nn(C)c(C)c1NC(=O)COC(=O)CSc1ccc(Br)cc1. The van der Waals surface area contributed by atoms with Crippen molar-refractivity contribution < 1.29 is 14.3 Å². The summed E-state index contributed by atoms with van der Waals surface area (Å²) in [5.74, 6) is -0.659. The zero-order chi connectivity index (χ0) is 17.7. The van der Waals surface area contributed by atoms with Gasteiger partial charge >= 0.3 is 5.97 Å². The van der Waals surface area contributed by atoms with Crippen LogP contribution in [0, 0.1) is 13.8 Å². The summed E-state index contributed by atoms with van der Waals surface area (Å²) in [6.45, 7) is 3.35. The molecule has 24 heavy (non-hydrogen) atoms. The van der Waals surface area contributed by atoms with Crippen LogP contribution in [0.5, 0.6) is 0 Å². The molecule has 1 aromatic heterocycles. The highest BCUT2D eigenvalue weighted by Gasteiger charge is 2.14. The number of amides is 1. The van der Waals surface area contributed by atoms with E-state index in [1.54, 1.807) is 11.7 Å². The standard InChI is InChI=1S/C16H18BrN3O3S/c1-10-16(11(2)20(3)19-10)18-14(21)8-23-15(22)9-24-13-6-4-12(17)5-7-13/h4-7H,8-9H2,1-3H3,(H,18,21). The molecule has 0 fully saturated rings. The summed E-state index contributed by atoms with van der Waals surface area (Å²) in [5, 5.41) is 6.94. The minimum atomic E-state index is -0.433. The Morgan fingerprint density at radius 3 is 2.54 bits per heavy atom. The largest absolute Gasteiger partial charge is 0.455 e. The monoisotopic (exact) mass is 411 g/mol. The molecule has 0 spiro atoms. The molecular formula is C16H18BrN3O3S. The smallest absolute Gasteiger partial charge is 0.316 e. The normalized spacial score (nSPS) is 10.5. The van der Waals surface area contributed by atoms with E-state index in [-0.39, 0.29) is 18.3 Å². The number of nitrogens with zero attached hydrogens (tertiary/aromatic N) is 2. The van der Waals surface area contributed by atoms with E-state index in [4.69, 9.17) is 4.74 Å². The molecule has 1 aromatic carbocycles. The van der Waals surface area contributed by atoms with E-state index in [1.807, 2.05) is 38.1 Å². The number of halogens is 1. The number of nitrogens with one attached hydrogen (secondary N) is 1. The van der Waals surface area contributed by atoms with Crippen molar-refractivity contribution >= 4 is 45.3 Å². The van der Waals surface area contributed by atoms with Gasteiger partial charge < -0.3 is 10.1 Å². The van der Waals surface area contributed by atoms with Crippen molar-refractivity contribution in [2.45, 2.75) is 18.7 Å². The lowest BCUT2D eigenvalue weighted by atomic mass is 10.3. The van der Waals surface area contributed by atoms with Crippen molar-refractivity contribution in [1.82, 2.24) is 9.78 Å². The van der Waals surface area contributed by atoms with Gasteiger partial charge in [-0.15, -0.1) is 11.8 Å². The Hall–Kier alpha value is -1.80. The summed E-state index contributed by atoms with van der Waals surface area (Å²) in [6, 6.07) is 7.62. The predicted molar refractivity (Wildman–Crippen MR) is 97.1 cm³/mol. The van der Waals surface area contributed by atoms with Crippen molar-refractivity contribution in [3.8, 4) is 0 Å². The molecule has 2 rings (SSSR count). The molecule has 6 nitrogen and oxygen atoms in total. The van der Waals surface area contributed by atoms with Crippen molar-refractivity contribution in [3.63, 3.8) is 0 Å². The number of benzene rings is 1. The number of hydrogen-bond donors (Lipinski definition) is 1. The molecule has 0 saturated carbocycles. The molecule has 0 aliphatic heterocycles. The second-order valence-corrected chi connectivity index (χ2v) is 7.09. The third kappa shape index (κ3) is 5.10. The van der Waals surface area contributed by atoms with Gasteiger partial charge in [0.25, 0.3) is 5.91 Å². The Morgan fingerprint density at radius 1 is 1.29 bits per heavy atom. The van der Waals surface area contributed by atoms with Crippen LogP contribution in [0.15, 0.2) is 33.6 Å². The number of esters is 1. The first-order chi connectivity index (χ1) is 11.4. The minimum Gasteiger partial charge on any atom is -0.455 e. The fourth-order valence-corrected chi connectivity index (χ4v) is 2.95. The van der Waals surface area contributed by atoms with Gasteiger partial charge in [-0.3, -0.25) is 14.3 Å². The molecule has 1 heterocycles. The first kappa shape index (κ1) is 18.5. The number of carbonyl (C=O) groups is 2. The summed E-state index contributed by atoms with van der Waals surface area (Å²) < 4.78 is 7.66. The third-order valence-corrected chi connectivity index (χ3v) is 4.82. The van der Waals surface area contributed by atoms with Crippen LogP contribution >= 0.6 is 27.7 Å². The molecule has 128 valence electrons. The van der Waals surface area contributed by atoms with E-state index in [0.717, 1.165) is 20.8 Å². The number of thioether (sulfide) groups is 1. The lowest BCUT2D eigenvalue weighted by Crippen LogP contribution is -2.22. The minimum absolute atomic E-state index is 0.153. The maximum absolute atomic E-state index is 11.9. The maximum atomic E-state index is 11.9. The Kier molecular flexibility index (Phi) is 6.44. The van der Waals surface area contributed by atoms with Crippen LogP contribution in [0.2, 0.25) is 0 Å². The van der Waals surface area contributed by atoms with E-state index < -0.39 is 5.97 Å². The highest BCUT2D eigenvalue weighted by Crippen LogP contribution is 2.21. The molecular weight excluding hydrogens is 394 g/mol. The Bertz CT molecular complexity index is 744. The van der Waals surface area contributed by atoms with Crippen molar-refractivity contribution in [3.05, 3.63) is 40.1 Å². The predicted octanol–water partition coefficient (Wildman–Crippen LogP) is 3.07. The van der Waals surface area contributed by atoms with E-state index in [1.165, 1.54) is 11.8 Å². The number of aromatic nitrogens is 2. The average Bonchev–Trinajstić information content (AvgIpc) is 2.78. The first-order valence-corrected chi connectivity index (χ1v) is 8.98. The van der Waals surface area contributed by atoms with Crippen LogP contribution in [-0.4, -0.2) is 34.0 Å². The first-order valence-electron chi connectivity index (χ1n) is 7.21. The summed E-state index contributed by atoms with van der Waals surface area (Å²) in [6.07, 6.45) is 0. The molecule has 0 aliphatic rings. The van der Waals surface area contributed by atoms with E-state index >= 15 is 0 Å². The third-order valence-electron chi connectivity index (χ3n) is 3.31. The quantitative estimate of drug-likeness (QED) is 0.583. The molecule has 1 N–H and O–H groups in total. The number of aryl methyl sites for hydroxylation is 2. The van der Waals surface area contributed by atoms with E-state index in [9.17, 15) is 9.59 Å². The molecule has 2 aromatic rings. The second kappa shape index (κ2) is 8.34. The van der Waals surface area contributed by atoms with Crippen LogP contribution in [0.1, 0.15) is 11.4 Å². The number of rotatable bonds is 6. The Morgan fingerprint density at radius 2 is 1.96 bits per heavy atom. The summed E-state index contributed by atoms with van der Waals surface area (Å²) in [7, 11) is 1.80. The Labute approximate surface area is 153 Å². The zero-order valence-electron chi connectivity index (χ0n) is 13.6. The molecule has 0 radical (unpaired) electrons. The molecule has 8 heteroatoms. The summed E-state index contributed by atoms with van der Waals surface area (Å²) in [4.78, 5) is 24.6. The van der Waals surface area contributed by atoms with E-state index in [0.29, 0.717) is 5.69 Å². The lowest BCUT2D eigenvalue weighted by molar-refractivity contribution is -0.144. The van der Waals surface area contributed by atoms with Gasteiger partial charge in [0.05, 0.1) is 22.8 Å². The summed E-state index contributed by atoms with van der Waals surface area (Å²) >= 11 is 4.71. The molecule has 0 bridgehead atoms. The van der Waals surface area contributed by atoms with Crippen LogP contribution < -0.4 is 5.32 Å². The highest BCUT2D eigenvalue weighted by molar-refractivity contribution is 9.10. The van der Waals surface area contributed by atoms with Crippen LogP contribution in [0.3, 0.4) is 0 Å². The van der Waals surface area contributed by atoms with Crippen LogP contribution in [0.25, 0.3) is 0 Å². The number of carbonyl (C=O) groups excluding carboxylic acids is 2. The zero-order valence-corrected chi connectivity index (χ0v) is 16.0. The average molecular weight is 412 g/mol. The van der Waals surface area contributed by atoms with Gasteiger partial charge in [0.15, 0.2) is 6.61 Å². The van der Waals surface area contributed by atoms with Gasteiger partial charge in [-0.2, -0.15) is 5.10 Å². The fourth-order valence-electron chi connectivity index (χ4n) is 1.99. The van der Waals surface area contributed by atoms with Gasteiger partial charge in [0.1, 0.15) is 0 Å². The molecule has 0 unspecified atom stereocenters. The van der Waals surface area contributed by atoms with E-state index in [2.05, 4.69) is 26.3 Å². The number of ether oxygens (including phenoxy) is 1. The van der Waals surface area contributed by atoms with Gasteiger partial charge in [-0.05, 0) is 38.1 Å². The highest BCUT2D eigenvalue weighted by atomic mass is 79.9. The van der Waals surface area contributed by atoms with Gasteiger partial charge in [0.2, 0.25) is 0 Å². The summed E-state index contributed by atoms with van der Waals surface area (Å²) in [5.41, 5.74) is 2.22. The number of anilines is 1. The van der Waals surface area contributed by atoms with Crippen LogP contribution in [0.4, 0.5) is 5.69 Å². The second-order valence-electron chi connectivity index (χ2n) is 5.12. The molecule has 0 saturated heterocycles. The van der Waals surface area contributed by atoms with Gasteiger partial charge in [-0.1, -0.05) is 15.9 Å². The lowest BCUT2D eigenvalue weighted by Gasteiger charge is -2.07. The number of hydrogen-bond acceptors (Lipinski definition) is 5. The fraction of sp³-hybridized carbons (Fsp3) is 0.312. The molecule has 1 amide bonds. The van der Waals surface area contributed by atoms with Crippen molar-refractivity contribution in [2.24, 2.45) is 7.05 Å². The topological polar surface area (TPSA) is 73.2 Å². The Balaban J connectivity index is 1.76. The maximum Gasteiger partial charge on any atom is 0.316 e. The van der Waals surface area contributed by atoms with Crippen LogP contribution in [-0.2, 0) is 21.4 Å². The van der Waals surface area contributed by atoms with Crippen molar-refractivity contribution in [2.75, 3.05) is 17.7 Å². The van der Waals surface area contributed by atoms with Gasteiger partial charge in [0, 0.05) is 16.4 Å². The molecule has 0 aliphatic carbocycles. The molecule has 0 atom stereocenters. The van der Waals surface area contributed by atoms with Gasteiger partial charge in [-0.25, -0.2) is 0 Å². The van der Waals surface area contributed by atoms with Crippen molar-refractivity contribution in [1.29, 1.82) is 0 Å².